The Hall–Kier alpha value is -2.08. The van der Waals surface area contributed by atoms with Crippen LogP contribution in [0.5, 0.6) is 0 Å². The van der Waals surface area contributed by atoms with Gasteiger partial charge in [0.2, 0.25) is 0 Å². The molecule has 0 saturated heterocycles. The van der Waals surface area contributed by atoms with E-state index in [9.17, 15) is 10.1 Å². The molecule has 0 spiro atoms. The van der Waals surface area contributed by atoms with Gasteiger partial charge in [0.25, 0.3) is 5.69 Å². The van der Waals surface area contributed by atoms with E-state index in [1.54, 1.807) is 12.3 Å². The van der Waals surface area contributed by atoms with Gasteiger partial charge in [0.15, 0.2) is 0 Å². The van der Waals surface area contributed by atoms with Crippen LogP contribution in [-0.2, 0) is 13.1 Å². The number of hydrogen-bond donors (Lipinski definition) is 1. The fraction of sp³-hybridized carbons (Fsp3) is 0.250. The molecule has 6 nitrogen and oxygen atoms in total. The summed E-state index contributed by atoms with van der Waals surface area (Å²) in [6.07, 6.45) is 3.71. The summed E-state index contributed by atoms with van der Waals surface area (Å²) in [4.78, 5) is 10.1. The maximum Gasteiger partial charge on any atom is 0.271 e. The van der Waals surface area contributed by atoms with Crippen molar-refractivity contribution in [3.63, 3.8) is 0 Å². The number of non-ortho nitro benzene ring substituents is 1. The number of aromatic nitrogens is 2. The first-order valence-electron chi connectivity index (χ1n) is 5.79. The van der Waals surface area contributed by atoms with E-state index in [1.165, 1.54) is 12.1 Å². The van der Waals surface area contributed by atoms with E-state index in [1.807, 2.05) is 17.8 Å². The van der Waals surface area contributed by atoms with Gasteiger partial charge >= 0.3 is 0 Å². The molecule has 19 heavy (non-hydrogen) atoms. The molecule has 1 N–H and O–H groups in total. The smallest absolute Gasteiger partial charge is 0.271 e. The number of nitro groups is 1. The van der Waals surface area contributed by atoms with Crippen molar-refractivity contribution in [3.8, 4) is 0 Å². The second-order valence-electron chi connectivity index (χ2n) is 3.98. The molecule has 100 valence electrons. The molecule has 0 aliphatic carbocycles. The van der Waals surface area contributed by atoms with Crippen LogP contribution in [0.15, 0.2) is 30.6 Å². The second-order valence-corrected chi connectivity index (χ2v) is 4.39. The third-order valence-corrected chi connectivity index (χ3v) is 2.97. The number of rotatable bonds is 5. The molecule has 0 aliphatic rings. The molecule has 1 aromatic heterocycles. The van der Waals surface area contributed by atoms with Crippen LogP contribution >= 0.6 is 11.6 Å². The maximum atomic E-state index is 10.6. The van der Waals surface area contributed by atoms with Crippen molar-refractivity contribution in [2.75, 3.05) is 5.32 Å². The van der Waals surface area contributed by atoms with Crippen LogP contribution in [0.3, 0.4) is 0 Å². The van der Waals surface area contributed by atoms with Crippen LogP contribution in [0.2, 0.25) is 5.02 Å². The Morgan fingerprint density at radius 1 is 1.53 bits per heavy atom. The summed E-state index contributed by atoms with van der Waals surface area (Å²) in [6, 6.07) is 4.35. The number of nitro benzene ring substituents is 1. The van der Waals surface area contributed by atoms with Crippen LogP contribution < -0.4 is 5.32 Å². The number of halogens is 1. The highest BCUT2D eigenvalue weighted by Crippen LogP contribution is 2.26. The van der Waals surface area contributed by atoms with Crippen molar-refractivity contribution in [2.45, 2.75) is 20.0 Å². The Labute approximate surface area is 115 Å². The number of aryl methyl sites for hydroxylation is 1. The van der Waals surface area contributed by atoms with Gasteiger partial charge in [0, 0.05) is 37.0 Å². The molecule has 1 heterocycles. The topological polar surface area (TPSA) is 73.0 Å². The van der Waals surface area contributed by atoms with Gasteiger partial charge < -0.3 is 5.32 Å². The van der Waals surface area contributed by atoms with Crippen LogP contribution in [-0.4, -0.2) is 14.7 Å². The highest BCUT2D eigenvalue weighted by Gasteiger charge is 2.09. The molecule has 7 heteroatoms. The summed E-state index contributed by atoms with van der Waals surface area (Å²) >= 11 is 5.98. The van der Waals surface area contributed by atoms with Crippen LogP contribution in [0.4, 0.5) is 11.4 Å². The highest BCUT2D eigenvalue weighted by molar-refractivity contribution is 6.33. The van der Waals surface area contributed by atoms with Crippen molar-refractivity contribution >= 4 is 23.0 Å². The van der Waals surface area contributed by atoms with Gasteiger partial charge in [0.05, 0.1) is 21.8 Å². The molecule has 0 radical (unpaired) electrons. The quantitative estimate of drug-likeness (QED) is 0.675. The van der Waals surface area contributed by atoms with E-state index < -0.39 is 4.92 Å². The molecule has 0 unspecified atom stereocenters. The number of hydrogen-bond acceptors (Lipinski definition) is 4. The normalized spacial score (nSPS) is 10.4. The summed E-state index contributed by atoms with van der Waals surface area (Å²) in [7, 11) is 0. The Morgan fingerprint density at radius 3 is 2.89 bits per heavy atom. The Balaban J connectivity index is 2.05. The molecule has 0 fully saturated rings. The van der Waals surface area contributed by atoms with Crippen LogP contribution in [0.1, 0.15) is 12.5 Å². The predicted octanol–water partition coefficient (Wildman–Crippen LogP) is 3.08. The van der Waals surface area contributed by atoms with Crippen molar-refractivity contribution in [2.24, 2.45) is 0 Å². The molecule has 1 aromatic carbocycles. The number of anilines is 1. The van der Waals surface area contributed by atoms with Crippen molar-refractivity contribution in [1.82, 2.24) is 9.78 Å². The maximum absolute atomic E-state index is 10.6. The summed E-state index contributed by atoms with van der Waals surface area (Å²) < 4.78 is 1.83. The average Bonchev–Trinajstić information content (AvgIpc) is 2.85. The zero-order valence-electron chi connectivity index (χ0n) is 10.3. The Kier molecular flexibility index (Phi) is 4.01. The fourth-order valence-electron chi connectivity index (χ4n) is 1.63. The van der Waals surface area contributed by atoms with E-state index in [4.69, 9.17) is 11.6 Å². The second kappa shape index (κ2) is 5.71. The van der Waals surface area contributed by atoms with Gasteiger partial charge in [-0.3, -0.25) is 14.8 Å². The third kappa shape index (κ3) is 3.23. The average molecular weight is 281 g/mol. The number of nitrogens with one attached hydrogen (secondary N) is 1. The summed E-state index contributed by atoms with van der Waals surface area (Å²) in [6.45, 7) is 3.40. The van der Waals surface area contributed by atoms with E-state index in [0.29, 0.717) is 17.3 Å². The van der Waals surface area contributed by atoms with Crippen LogP contribution in [0.25, 0.3) is 0 Å². The summed E-state index contributed by atoms with van der Waals surface area (Å²) in [5, 5.41) is 18.2. The fourth-order valence-corrected chi connectivity index (χ4v) is 1.87. The first-order valence-corrected chi connectivity index (χ1v) is 6.17. The van der Waals surface area contributed by atoms with Crippen molar-refractivity contribution in [1.29, 1.82) is 0 Å². The van der Waals surface area contributed by atoms with E-state index in [0.717, 1.165) is 12.1 Å². The Morgan fingerprint density at radius 2 is 2.32 bits per heavy atom. The minimum absolute atomic E-state index is 0.0191. The largest absolute Gasteiger partial charge is 0.380 e. The molecule has 0 aliphatic heterocycles. The molecule has 0 atom stereocenters. The summed E-state index contributed by atoms with van der Waals surface area (Å²) in [5.74, 6) is 0. The lowest BCUT2D eigenvalue weighted by molar-refractivity contribution is -0.384. The molecular weight excluding hydrogens is 268 g/mol. The minimum atomic E-state index is -0.471. The van der Waals surface area contributed by atoms with Crippen molar-refractivity contribution < 1.29 is 4.92 Å². The van der Waals surface area contributed by atoms with Gasteiger partial charge in [-0.25, -0.2) is 0 Å². The SMILES string of the molecule is CCn1cc(CNc2ccc([N+](=O)[O-])cc2Cl)cn1. The Bertz CT molecular complexity index is 597. The van der Waals surface area contributed by atoms with E-state index in [-0.39, 0.29) is 5.69 Å². The first-order chi connectivity index (χ1) is 9.10. The molecule has 2 rings (SSSR count). The molecule has 2 aromatic rings. The monoisotopic (exact) mass is 280 g/mol. The van der Waals surface area contributed by atoms with Gasteiger partial charge in [-0.05, 0) is 13.0 Å². The van der Waals surface area contributed by atoms with E-state index >= 15 is 0 Å². The number of benzene rings is 1. The lowest BCUT2D eigenvalue weighted by atomic mass is 10.2. The zero-order valence-corrected chi connectivity index (χ0v) is 11.1. The summed E-state index contributed by atoms with van der Waals surface area (Å²) in [5.41, 5.74) is 1.67. The molecule has 0 bridgehead atoms. The molecule has 0 saturated carbocycles. The molecule has 0 amide bonds. The van der Waals surface area contributed by atoms with Crippen LogP contribution in [0, 0.1) is 10.1 Å². The first kappa shape index (κ1) is 13.4. The lowest BCUT2D eigenvalue weighted by Crippen LogP contribution is -2.00. The predicted molar refractivity (Wildman–Crippen MR) is 73.3 cm³/mol. The van der Waals surface area contributed by atoms with Gasteiger partial charge in [-0.1, -0.05) is 11.6 Å². The highest BCUT2D eigenvalue weighted by atomic mass is 35.5. The van der Waals surface area contributed by atoms with Crippen molar-refractivity contribution in [3.05, 3.63) is 51.3 Å². The number of nitrogens with zero attached hydrogens (tertiary/aromatic N) is 3. The zero-order chi connectivity index (χ0) is 13.8. The van der Waals surface area contributed by atoms with Gasteiger partial charge in [-0.15, -0.1) is 0 Å². The van der Waals surface area contributed by atoms with E-state index in [2.05, 4.69) is 10.4 Å². The standard InChI is InChI=1S/C12H13ClN4O2/c1-2-16-8-9(7-15-16)6-14-12-4-3-10(17(18)19)5-11(12)13/h3-5,7-8,14H,2,6H2,1H3. The van der Waals surface area contributed by atoms with Gasteiger partial charge in [0.1, 0.15) is 0 Å². The third-order valence-electron chi connectivity index (χ3n) is 2.66. The minimum Gasteiger partial charge on any atom is -0.380 e. The molecular formula is C12H13ClN4O2. The van der Waals surface area contributed by atoms with Gasteiger partial charge in [-0.2, -0.15) is 5.10 Å². The lowest BCUT2D eigenvalue weighted by Gasteiger charge is -2.06.